The highest BCUT2D eigenvalue weighted by Crippen LogP contribution is 2.35. The summed E-state index contributed by atoms with van der Waals surface area (Å²) in [5.74, 6) is 0.488. The molecule has 1 heterocycles. The predicted molar refractivity (Wildman–Crippen MR) is 115 cm³/mol. The van der Waals surface area contributed by atoms with Crippen molar-refractivity contribution in [2.45, 2.75) is 64.8 Å². The molecule has 0 spiro atoms. The molecule has 1 aromatic rings. The van der Waals surface area contributed by atoms with Crippen molar-refractivity contribution in [2.75, 3.05) is 13.1 Å². The van der Waals surface area contributed by atoms with E-state index in [4.69, 9.17) is 11.1 Å². The summed E-state index contributed by atoms with van der Waals surface area (Å²) in [6.45, 7) is 5.33. The van der Waals surface area contributed by atoms with E-state index in [1.165, 1.54) is 32.1 Å². The van der Waals surface area contributed by atoms with Gasteiger partial charge in [-0.15, -0.1) is 0 Å². The van der Waals surface area contributed by atoms with E-state index < -0.39 is 0 Å². The van der Waals surface area contributed by atoms with Crippen LogP contribution in [0.2, 0.25) is 0 Å². The number of nitrogens with one attached hydrogen (secondary N) is 2. The highest BCUT2D eigenvalue weighted by atomic mass is 16.2. The maximum Gasteiger partial charge on any atom is 0.317 e. The van der Waals surface area contributed by atoms with Crippen LogP contribution >= 0.6 is 0 Å². The summed E-state index contributed by atoms with van der Waals surface area (Å²) in [5, 5.41) is 11.4. The number of urea groups is 1. The Bertz CT molecular complexity index is 721. The first-order valence-electron chi connectivity index (χ1n) is 10.6. The molecule has 2 aliphatic rings. The second-order valence-electron chi connectivity index (χ2n) is 8.32. The van der Waals surface area contributed by atoms with E-state index in [9.17, 15) is 4.79 Å². The SMILES string of the molecule is CC(=N)/C(=C(/C)N)c1ccc(C(NC(=O)N2CCCC2)C2CCCCC2)cc1. The molecular formula is C23H34N4O. The van der Waals surface area contributed by atoms with Crippen LogP contribution in [0.25, 0.3) is 5.57 Å². The Morgan fingerprint density at radius 2 is 1.68 bits per heavy atom. The van der Waals surface area contributed by atoms with Crippen molar-refractivity contribution in [3.63, 3.8) is 0 Å². The summed E-state index contributed by atoms with van der Waals surface area (Å²) in [5.41, 5.74) is 10.0. The van der Waals surface area contributed by atoms with Crippen LogP contribution in [0.5, 0.6) is 0 Å². The number of hydrogen-bond acceptors (Lipinski definition) is 3. The van der Waals surface area contributed by atoms with Crippen LogP contribution in [-0.4, -0.2) is 29.7 Å². The van der Waals surface area contributed by atoms with Crippen LogP contribution in [0, 0.1) is 11.3 Å². The number of hydrogen-bond donors (Lipinski definition) is 3. The van der Waals surface area contributed by atoms with Crippen LogP contribution < -0.4 is 11.1 Å². The third-order valence-electron chi connectivity index (χ3n) is 6.12. The van der Waals surface area contributed by atoms with Gasteiger partial charge in [0, 0.05) is 30.1 Å². The molecule has 5 nitrogen and oxygen atoms in total. The van der Waals surface area contributed by atoms with E-state index in [0.29, 0.717) is 17.3 Å². The molecule has 1 saturated heterocycles. The van der Waals surface area contributed by atoms with Crippen molar-refractivity contribution < 1.29 is 4.79 Å². The third-order valence-corrected chi connectivity index (χ3v) is 6.12. The lowest BCUT2D eigenvalue weighted by atomic mass is 9.81. The number of allylic oxidation sites excluding steroid dienone is 2. The first-order valence-corrected chi connectivity index (χ1v) is 10.6. The number of nitrogens with zero attached hydrogens (tertiary/aromatic N) is 1. The molecule has 1 aliphatic heterocycles. The number of carbonyl (C=O) groups is 1. The fourth-order valence-electron chi connectivity index (χ4n) is 4.68. The lowest BCUT2D eigenvalue weighted by molar-refractivity contribution is 0.192. The third kappa shape index (κ3) is 4.75. The van der Waals surface area contributed by atoms with Crippen molar-refractivity contribution >= 4 is 17.3 Å². The summed E-state index contributed by atoms with van der Waals surface area (Å²) < 4.78 is 0. The predicted octanol–water partition coefficient (Wildman–Crippen LogP) is 4.84. The summed E-state index contributed by atoms with van der Waals surface area (Å²) in [6, 6.07) is 8.41. The molecule has 3 rings (SSSR count). The highest BCUT2D eigenvalue weighted by Gasteiger charge is 2.29. The lowest BCUT2D eigenvalue weighted by Crippen LogP contribution is -2.42. The molecule has 4 N–H and O–H groups in total. The Morgan fingerprint density at radius 3 is 2.21 bits per heavy atom. The van der Waals surface area contributed by atoms with Gasteiger partial charge in [0.2, 0.25) is 0 Å². The minimum absolute atomic E-state index is 0.0509. The topological polar surface area (TPSA) is 82.2 Å². The van der Waals surface area contributed by atoms with E-state index in [0.717, 1.165) is 42.6 Å². The average molecular weight is 383 g/mol. The van der Waals surface area contributed by atoms with Gasteiger partial charge in [-0.05, 0) is 56.6 Å². The van der Waals surface area contributed by atoms with Crippen LogP contribution in [0.4, 0.5) is 4.79 Å². The molecule has 5 heteroatoms. The largest absolute Gasteiger partial charge is 0.402 e. The number of amides is 2. The molecule has 1 aromatic carbocycles. The number of likely N-dealkylation sites (tertiary alicyclic amines) is 1. The van der Waals surface area contributed by atoms with Crippen molar-refractivity contribution in [3.05, 3.63) is 41.1 Å². The van der Waals surface area contributed by atoms with Gasteiger partial charge in [0.05, 0.1) is 6.04 Å². The minimum Gasteiger partial charge on any atom is -0.402 e. The summed E-state index contributed by atoms with van der Waals surface area (Å²) in [4.78, 5) is 14.7. The van der Waals surface area contributed by atoms with Crippen molar-refractivity contribution in [3.8, 4) is 0 Å². The Balaban J connectivity index is 1.83. The smallest absolute Gasteiger partial charge is 0.317 e. The minimum atomic E-state index is 0.0509. The van der Waals surface area contributed by atoms with Gasteiger partial charge in [0.25, 0.3) is 0 Å². The van der Waals surface area contributed by atoms with E-state index in [1.807, 2.05) is 24.0 Å². The Hall–Kier alpha value is -2.30. The fourth-order valence-corrected chi connectivity index (χ4v) is 4.68. The first kappa shape index (κ1) is 20.4. The maximum absolute atomic E-state index is 12.8. The van der Waals surface area contributed by atoms with E-state index in [-0.39, 0.29) is 12.1 Å². The van der Waals surface area contributed by atoms with E-state index >= 15 is 0 Å². The highest BCUT2D eigenvalue weighted by molar-refractivity contribution is 6.21. The lowest BCUT2D eigenvalue weighted by Gasteiger charge is -2.33. The Kier molecular flexibility index (Phi) is 6.76. The first-order chi connectivity index (χ1) is 13.5. The maximum atomic E-state index is 12.8. The van der Waals surface area contributed by atoms with Gasteiger partial charge in [-0.2, -0.15) is 0 Å². The Labute approximate surface area is 168 Å². The molecule has 152 valence electrons. The summed E-state index contributed by atoms with van der Waals surface area (Å²) in [6.07, 6.45) is 8.32. The Morgan fingerprint density at radius 1 is 1.07 bits per heavy atom. The summed E-state index contributed by atoms with van der Waals surface area (Å²) in [7, 11) is 0. The van der Waals surface area contributed by atoms with Gasteiger partial charge in [0.15, 0.2) is 0 Å². The molecule has 28 heavy (non-hydrogen) atoms. The number of nitrogens with two attached hydrogens (primary N) is 1. The van der Waals surface area contributed by atoms with E-state index in [2.05, 4.69) is 17.4 Å². The van der Waals surface area contributed by atoms with Crippen LogP contribution in [-0.2, 0) is 0 Å². The zero-order valence-electron chi connectivity index (χ0n) is 17.3. The van der Waals surface area contributed by atoms with Gasteiger partial charge >= 0.3 is 6.03 Å². The van der Waals surface area contributed by atoms with Crippen molar-refractivity contribution in [2.24, 2.45) is 11.7 Å². The number of rotatable bonds is 5. The molecule has 1 saturated carbocycles. The van der Waals surface area contributed by atoms with Crippen LogP contribution in [0.3, 0.4) is 0 Å². The molecule has 0 bridgehead atoms. The number of benzene rings is 1. The average Bonchev–Trinajstić information content (AvgIpc) is 3.22. The molecule has 0 radical (unpaired) electrons. The zero-order valence-corrected chi connectivity index (χ0v) is 17.3. The molecule has 2 amide bonds. The fraction of sp³-hybridized carbons (Fsp3) is 0.565. The van der Waals surface area contributed by atoms with Crippen LogP contribution in [0.1, 0.15) is 76.0 Å². The standard InChI is InChI=1S/C23H34N4O/c1-16(24)21(17(2)25)18-10-12-20(13-11-18)22(19-8-4-3-5-9-19)26-23(28)27-14-6-7-15-27/h10-13,19,22,24H,3-9,14-15,25H2,1-2H3,(H,26,28)/b21-17+,24-16?. The molecular weight excluding hydrogens is 348 g/mol. The molecule has 2 fully saturated rings. The van der Waals surface area contributed by atoms with Gasteiger partial charge < -0.3 is 21.4 Å². The van der Waals surface area contributed by atoms with Crippen LogP contribution in [0.15, 0.2) is 30.0 Å². The second kappa shape index (κ2) is 9.26. The molecule has 1 aliphatic carbocycles. The van der Waals surface area contributed by atoms with Crippen molar-refractivity contribution in [1.29, 1.82) is 5.41 Å². The summed E-state index contributed by atoms with van der Waals surface area (Å²) >= 11 is 0. The monoisotopic (exact) mass is 382 g/mol. The molecule has 1 unspecified atom stereocenters. The zero-order chi connectivity index (χ0) is 20.1. The van der Waals surface area contributed by atoms with Crippen molar-refractivity contribution in [1.82, 2.24) is 10.2 Å². The normalized spacial score (nSPS) is 19.9. The number of carbonyl (C=O) groups excluding carboxylic acids is 1. The van der Waals surface area contributed by atoms with Gasteiger partial charge in [0.1, 0.15) is 0 Å². The van der Waals surface area contributed by atoms with E-state index in [1.54, 1.807) is 6.92 Å². The quantitative estimate of drug-likeness (QED) is 0.637. The van der Waals surface area contributed by atoms with Gasteiger partial charge in [-0.25, -0.2) is 4.79 Å². The van der Waals surface area contributed by atoms with Gasteiger partial charge in [-0.3, -0.25) is 0 Å². The second-order valence-corrected chi connectivity index (χ2v) is 8.32. The molecule has 0 aromatic heterocycles. The molecule has 1 atom stereocenters. The van der Waals surface area contributed by atoms with Gasteiger partial charge in [-0.1, -0.05) is 43.5 Å².